The van der Waals surface area contributed by atoms with Crippen molar-refractivity contribution in [1.82, 2.24) is 4.90 Å². The summed E-state index contributed by atoms with van der Waals surface area (Å²) in [6.45, 7) is 1.79. The van der Waals surface area contributed by atoms with Crippen LogP contribution in [-0.4, -0.2) is 47.3 Å². The number of aryl methyl sites for hydroxylation is 2. The summed E-state index contributed by atoms with van der Waals surface area (Å²) in [5.74, 6) is -0.907. The molecule has 2 heterocycles. The normalized spacial score (nSPS) is 15.9. The van der Waals surface area contributed by atoms with Gasteiger partial charge in [0.2, 0.25) is 0 Å². The zero-order chi connectivity index (χ0) is 22.0. The number of amides is 3. The largest absolute Gasteiger partial charge is 0.450 e. The van der Waals surface area contributed by atoms with Gasteiger partial charge in [0.05, 0.1) is 13.2 Å². The summed E-state index contributed by atoms with van der Waals surface area (Å²) in [6.07, 6.45) is 2.14. The summed E-state index contributed by atoms with van der Waals surface area (Å²) in [6, 6.07) is 13.1. The van der Waals surface area contributed by atoms with Crippen molar-refractivity contribution < 1.29 is 24.2 Å². The first-order chi connectivity index (χ1) is 15.0. The fourth-order valence-electron chi connectivity index (χ4n) is 3.90. The molecule has 160 valence electrons. The molecule has 0 saturated carbocycles. The lowest BCUT2D eigenvalue weighted by atomic mass is 10.0. The van der Waals surface area contributed by atoms with Crippen molar-refractivity contribution in [2.24, 2.45) is 0 Å². The molecule has 31 heavy (non-hydrogen) atoms. The van der Waals surface area contributed by atoms with E-state index >= 15 is 0 Å². The van der Waals surface area contributed by atoms with E-state index in [0.29, 0.717) is 11.4 Å². The quantitative estimate of drug-likeness (QED) is 0.721. The molecule has 8 nitrogen and oxygen atoms in total. The fourth-order valence-corrected chi connectivity index (χ4v) is 3.90. The van der Waals surface area contributed by atoms with Gasteiger partial charge in [-0.3, -0.25) is 19.8 Å². The number of anilines is 3. The second-order valence-corrected chi connectivity index (χ2v) is 7.29. The number of hydrogen-bond donors (Lipinski definition) is 2. The maximum absolute atomic E-state index is 12.0. The van der Waals surface area contributed by atoms with Crippen molar-refractivity contribution in [3.8, 4) is 0 Å². The molecule has 2 aliphatic heterocycles. The van der Waals surface area contributed by atoms with Gasteiger partial charge in [-0.15, -0.1) is 0 Å². The molecule has 0 aromatic heterocycles. The van der Waals surface area contributed by atoms with Gasteiger partial charge in [0.1, 0.15) is 6.23 Å². The molecule has 8 heteroatoms. The lowest BCUT2D eigenvalue weighted by Crippen LogP contribution is -2.44. The predicted molar refractivity (Wildman–Crippen MR) is 115 cm³/mol. The van der Waals surface area contributed by atoms with E-state index < -0.39 is 24.1 Å². The molecule has 1 atom stereocenters. The number of carbonyl (C=O) groups excluding carboxylic acids is 3. The van der Waals surface area contributed by atoms with Gasteiger partial charge in [-0.05, 0) is 49.1 Å². The zero-order valence-corrected chi connectivity index (χ0v) is 17.1. The Morgan fingerprint density at radius 1 is 1.06 bits per heavy atom. The van der Waals surface area contributed by atoms with Crippen LogP contribution in [0.4, 0.5) is 21.9 Å². The number of β-amino-alcohol motifs (C(OH)–C–C–N with tert-alkyl or cyclic N) is 1. The molecule has 2 aromatic carbocycles. The van der Waals surface area contributed by atoms with Crippen LogP contribution in [0.1, 0.15) is 18.1 Å². The number of aliphatic hydroxyl groups is 1. The molecule has 2 aliphatic rings. The van der Waals surface area contributed by atoms with Crippen molar-refractivity contribution in [3.05, 3.63) is 65.7 Å². The summed E-state index contributed by atoms with van der Waals surface area (Å²) in [5, 5.41) is 13.9. The third-order valence-electron chi connectivity index (χ3n) is 5.33. The lowest BCUT2D eigenvalue weighted by molar-refractivity contribution is -0.138. The second kappa shape index (κ2) is 8.61. The highest BCUT2D eigenvalue weighted by molar-refractivity contribution is 6.12. The minimum absolute atomic E-state index is 0.187. The predicted octanol–water partition coefficient (Wildman–Crippen LogP) is 2.74. The number of carbonyl (C=O) groups is 3. The highest BCUT2D eigenvalue weighted by Gasteiger charge is 2.32. The Morgan fingerprint density at radius 3 is 2.45 bits per heavy atom. The Labute approximate surface area is 179 Å². The van der Waals surface area contributed by atoms with Crippen LogP contribution in [0.25, 0.3) is 0 Å². The second-order valence-electron chi connectivity index (χ2n) is 7.29. The van der Waals surface area contributed by atoms with Crippen LogP contribution in [-0.2, 0) is 27.2 Å². The molecule has 3 amide bonds. The fraction of sp³-hybridized carbons (Fsp3) is 0.261. The van der Waals surface area contributed by atoms with Crippen molar-refractivity contribution in [1.29, 1.82) is 0 Å². The van der Waals surface area contributed by atoms with Crippen molar-refractivity contribution in [2.45, 2.75) is 26.0 Å². The number of rotatable bonds is 5. The highest BCUT2D eigenvalue weighted by Crippen LogP contribution is 2.39. The maximum atomic E-state index is 12.0. The number of fused-ring (bicyclic) bond motifs is 2. The van der Waals surface area contributed by atoms with Crippen LogP contribution < -0.4 is 10.2 Å². The van der Waals surface area contributed by atoms with E-state index in [1.807, 2.05) is 30.3 Å². The van der Waals surface area contributed by atoms with Gasteiger partial charge in [-0.1, -0.05) is 24.3 Å². The summed E-state index contributed by atoms with van der Waals surface area (Å²) in [7, 11) is 0. The summed E-state index contributed by atoms with van der Waals surface area (Å²) >= 11 is 0. The Kier molecular flexibility index (Phi) is 5.73. The standard InChI is InChI=1S/C23H23N3O5/c1-2-31-23(30)24-17-10-9-16-8-7-15-5-3-4-6-18(15)26(19(16)13-17)22(29)14-25-20(27)11-12-21(25)28/h3-6,9-13,22,29H,2,7-8,14H2,1H3,(H,24,30). The van der Waals surface area contributed by atoms with Crippen LogP contribution >= 0.6 is 0 Å². The molecule has 0 saturated heterocycles. The van der Waals surface area contributed by atoms with Gasteiger partial charge < -0.3 is 14.7 Å². The number of nitrogens with zero attached hydrogens (tertiary/aromatic N) is 2. The molecule has 0 bridgehead atoms. The summed E-state index contributed by atoms with van der Waals surface area (Å²) < 4.78 is 4.96. The molecule has 2 N–H and O–H groups in total. The van der Waals surface area contributed by atoms with Gasteiger partial charge in [0, 0.05) is 29.2 Å². The maximum Gasteiger partial charge on any atom is 0.411 e. The first-order valence-electron chi connectivity index (χ1n) is 10.1. The third kappa shape index (κ3) is 4.15. The molecular weight excluding hydrogens is 398 g/mol. The van der Waals surface area contributed by atoms with Crippen molar-refractivity contribution in [2.75, 3.05) is 23.4 Å². The number of aliphatic hydroxyl groups excluding tert-OH is 1. The Bertz CT molecular complexity index is 1050. The Balaban J connectivity index is 1.72. The molecule has 0 radical (unpaired) electrons. The average molecular weight is 421 g/mol. The van der Waals surface area contributed by atoms with E-state index in [9.17, 15) is 19.5 Å². The minimum atomic E-state index is -1.18. The third-order valence-corrected chi connectivity index (χ3v) is 5.33. The number of benzene rings is 2. The molecule has 1 unspecified atom stereocenters. The van der Waals surface area contributed by atoms with E-state index in [1.54, 1.807) is 24.0 Å². The van der Waals surface area contributed by atoms with E-state index in [0.717, 1.165) is 34.6 Å². The highest BCUT2D eigenvalue weighted by atomic mass is 16.5. The van der Waals surface area contributed by atoms with E-state index in [4.69, 9.17) is 4.74 Å². The monoisotopic (exact) mass is 421 g/mol. The van der Waals surface area contributed by atoms with Gasteiger partial charge in [0.25, 0.3) is 11.8 Å². The Morgan fingerprint density at radius 2 is 1.74 bits per heavy atom. The number of nitrogens with one attached hydrogen (secondary N) is 1. The topological polar surface area (TPSA) is 99.2 Å². The van der Waals surface area contributed by atoms with E-state index in [1.165, 1.54) is 12.2 Å². The van der Waals surface area contributed by atoms with E-state index in [-0.39, 0.29) is 13.2 Å². The SMILES string of the molecule is CCOC(=O)Nc1ccc2c(c1)N(C(O)CN1C(=O)C=CC1=O)c1ccccc1CC2. The van der Waals surface area contributed by atoms with Gasteiger partial charge in [0.15, 0.2) is 0 Å². The summed E-state index contributed by atoms with van der Waals surface area (Å²) in [5.41, 5.74) is 4.01. The van der Waals surface area contributed by atoms with Crippen LogP contribution in [0.3, 0.4) is 0 Å². The van der Waals surface area contributed by atoms with E-state index in [2.05, 4.69) is 5.32 Å². The smallest absolute Gasteiger partial charge is 0.411 e. The zero-order valence-electron chi connectivity index (χ0n) is 17.1. The minimum Gasteiger partial charge on any atom is -0.450 e. The van der Waals surface area contributed by atoms with Gasteiger partial charge in [-0.25, -0.2) is 4.79 Å². The molecule has 4 rings (SSSR count). The lowest BCUT2D eigenvalue weighted by Gasteiger charge is -2.33. The first-order valence-corrected chi connectivity index (χ1v) is 10.1. The summed E-state index contributed by atoms with van der Waals surface area (Å²) in [4.78, 5) is 38.7. The number of para-hydroxylation sites is 1. The van der Waals surface area contributed by atoms with Crippen molar-refractivity contribution in [3.63, 3.8) is 0 Å². The van der Waals surface area contributed by atoms with Gasteiger partial charge in [-0.2, -0.15) is 0 Å². The number of ether oxygens (including phenoxy) is 1. The molecule has 2 aromatic rings. The van der Waals surface area contributed by atoms with Crippen molar-refractivity contribution >= 4 is 35.0 Å². The van der Waals surface area contributed by atoms with Crippen LogP contribution in [0.15, 0.2) is 54.6 Å². The number of hydrogen-bond acceptors (Lipinski definition) is 6. The molecule has 0 aliphatic carbocycles. The Hall–Kier alpha value is -3.65. The van der Waals surface area contributed by atoms with Crippen LogP contribution in [0, 0.1) is 0 Å². The first kappa shape index (κ1) is 20.6. The number of imide groups is 1. The van der Waals surface area contributed by atoms with Crippen LogP contribution in [0.2, 0.25) is 0 Å². The molecule has 0 fully saturated rings. The molecule has 0 spiro atoms. The van der Waals surface area contributed by atoms with Crippen LogP contribution in [0.5, 0.6) is 0 Å². The van der Waals surface area contributed by atoms with Gasteiger partial charge >= 0.3 is 6.09 Å². The molecular formula is C23H23N3O5. The average Bonchev–Trinajstić information content (AvgIpc) is 2.97.